The molecule has 0 bridgehead atoms. The maximum atomic E-state index is 11.6. The topological polar surface area (TPSA) is 70.8 Å². The molecule has 1 heterocycles. The van der Waals surface area contributed by atoms with Crippen molar-refractivity contribution < 1.29 is 18.8 Å². The third kappa shape index (κ3) is 3.66. The van der Waals surface area contributed by atoms with Crippen LogP contribution < -0.4 is 5.73 Å². The summed E-state index contributed by atoms with van der Waals surface area (Å²) in [5.41, 5.74) is 7.21. The van der Waals surface area contributed by atoms with Crippen LogP contribution in [0.25, 0.3) is 6.08 Å². The molecule has 6 heteroatoms. The fourth-order valence-corrected chi connectivity index (χ4v) is 2.30. The minimum Gasteiger partial charge on any atom is -0.465 e. The molecule has 0 aliphatic carbocycles. The quantitative estimate of drug-likeness (QED) is 0.682. The molecule has 1 aromatic carbocycles. The van der Waals surface area contributed by atoms with E-state index in [-0.39, 0.29) is 5.97 Å². The van der Waals surface area contributed by atoms with Gasteiger partial charge in [-0.2, -0.15) is 0 Å². The third-order valence-corrected chi connectivity index (χ3v) is 4.45. The Morgan fingerprint density at radius 3 is 2.39 bits per heavy atom. The Balaban J connectivity index is 2.28. The lowest BCUT2D eigenvalue weighted by molar-refractivity contribution is 0.00578. The molecule has 1 aliphatic rings. The van der Waals surface area contributed by atoms with Crippen molar-refractivity contribution in [2.45, 2.75) is 38.9 Å². The Kier molecular flexibility index (Phi) is 4.99. The highest BCUT2D eigenvalue weighted by molar-refractivity contribution is 6.55. The average Bonchev–Trinajstić information content (AvgIpc) is 2.72. The van der Waals surface area contributed by atoms with E-state index in [2.05, 4.69) is 0 Å². The molecule has 0 spiro atoms. The zero-order valence-electron chi connectivity index (χ0n) is 14.4. The predicted octanol–water partition coefficient (Wildman–Crippen LogP) is 2.45. The number of rotatable bonds is 4. The molecule has 0 atom stereocenters. The van der Waals surface area contributed by atoms with E-state index >= 15 is 0 Å². The van der Waals surface area contributed by atoms with Gasteiger partial charge in [-0.25, -0.2) is 4.79 Å². The number of esters is 1. The largest absolute Gasteiger partial charge is 0.491 e. The fourth-order valence-electron chi connectivity index (χ4n) is 2.30. The van der Waals surface area contributed by atoms with Crippen LogP contribution in [0.15, 0.2) is 29.7 Å². The van der Waals surface area contributed by atoms with E-state index in [4.69, 9.17) is 19.8 Å². The van der Waals surface area contributed by atoms with Crippen LogP contribution in [0.1, 0.15) is 43.6 Å². The van der Waals surface area contributed by atoms with Gasteiger partial charge in [-0.3, -0.25) is 0 Å². The first-order valence-electron chi connectivity index (χ1n) is 7.65. The molecule has 1 aliphatic heterocycles. The van der Waals surface area contributed by atoms with Gasteiger partial charge in [0.05, 0.1) is 23.9 Å². The zero-order chi connectivity index (χ0) is 17.3. The molecule has 2 N–H and O–H groups in total. The number of hydrogen-bond acceptors (Lipinski definition) is 5. The number of methoxy groups -OCH3 is 1. The molecule has 124 valence electrons. The maximum absolute atomic E-state index is 11.6. The highest BCUT2D eigenvalue weighted by atomic mass is 16.7. The number of ether oxygens (including phenoxy) is 1. The van der Waals surface area contributed by atoms with Gasteiger partial charge in [-0.15, -0.1) is 0 Å². The van der Waals surface area contributed by atoms with E-state index in [9.17, 15) is 4.79 Å². The summed E-state index contributed by atoms with van der Waals surface area (Å²) in [5, 5.41) is 0. The highest BCUT2D eigenvalue weighted by Crippen LogP contribution is 2.38. The van der Waals surface area contributed by atoms with Gasteiger partial charge in [0, 0.05) is 6.54 Å². The van der Waals surface area contributed by atoms with E-state index in [1.807, 2.05) is 39.8 Å². The molecule has 0 saturated carbocycles. The molecule has 23 heavy (non-hydrogen) atoms. The van der Waals surface area contributed by atoms with Crippen LogP contribution in [0.3, 0.4) is 0 Å². The van der Waals surface area contributed by atoms with E-state index in [1.165, 1.54) is 7.11 Å². The van der Waals surface area contributed by atoms with Gasteiger partial charge in [0.25, 0.3) is 0 Å². The Morgan fingerprint density at radius 2 is 1.87 bits per heavy atom. The maximum Gasteiger partial charge on any atom is 0.491 e. The van der Waals surface area contributed by atoms with Crippen molar-refractivity contribution in [2.24, 2.45) is 5.73 Å². The van der Waals surface area contributed by atoms with Gasteiger partial charge in [0.15, 0.2) is 0 Å². The summed E-state index contributed by atoms with van der Waals surface area (Å²) in [7, 11) is 0.868. The number of benzene rings is 1. The van der Waals surface area contributed by atoms with Crippen LogP contribution in [0, 0.1) is 0 Å². The summed E-state index contributed by atoms with van der Waals surface area (Å²) in [4.78, 5) is 11.6. The molecule has 0 amide bonds. The van der Waals surface area contributed by atoms with Crippen molar-refractivity contribution >= 4 is 19.2 Å². The Morgan fingerprint density at radius 1 is 1.26 bits per heavy atom. The number of carbonyl (C=O) groups excluding carboxylic acids is 1. The van der Waals surface area contributed by atoms with Crippen LogP contribution in [0.4, 0.5) is 0 Å². The fraction of sp³-hybridized carbons (Fsp3) is 0.471. The second kappa shape index (κ2) is 6.47. The van der Waals surface area contributed by atoms with Crippen LogP contribution in [-0.4, -0.2) is 37.9 Å². The standard InChI is InChI=1S/C17H24BNO4/c1-16(2)17(3,4)23-18(22-16)14(11-19)10-12-7-6-8-13(9-12)15(20)21-5/h6-10H,11,19H2,1-5H3. The van der Waals surface area contributed by atoms with Gasteiger partial charge in [0.2, 0.25) is 0 Å². The third-order valence-electron chi connectivity index (χ3n) is 4.45. The van der Waals surface area contributed by atoms with Crippen molar-refractivity contribution in [3.63, 3.8) is 0 Å². The van der Waals surface area contributed by atoms with E-state index in [1.54, 1.807) is 18.2 Å². The van der Waals surface area contributed by atoms with Gasteiger partial charge in [-0.05, 0) is 50.9 Å². The number of carbonyl (C=O) groups is 1. The summed E-state index contributed by atoms with van der Waals surface area (Å²) in [6.45, 7) is 8.30. The molecule has 0 aromatic heterocycles. The lowest BCUT2D eigenvalue weighted by Gasteiger charge is -2.32. The zero-order valence-corrected chi connectivity index (χ0v) is 14.4. The summed E-state index contributed by atoms with van der Waals surface area (Å²) >= 11 is 0. The first kappa shape index (κ1) is 17.7. The normalized spacial score (nSPS) is 19.7. The molecule has 2 rings (SSSR count). The monoisotopic (exact) mass is 317 g/mol. The van der Waals surface area contributed by atoms with E-state index in [0.29, 0.717) is 12.1 Å². The molecule has 1 aromatic rings. The second-order valence-corrected chi connectivity index (χ2v) is 6.63. The first-order valence-corrected chi connectivity index (χ1v) is 7.65. The van der Waals surface area contributed by atoms with Crippen molar-refractivity contribution in [2.75, 3.05) is 13.7 Å². The van der Waals surface area contributed by atoms with Crippen LogP contribution in [-0.2, 0) is 14.0 Å². The van der Waals surface area contributed by atoms with Crippen molar-refractivity contribution in [3.8, 4) is 0 Å². The van der Waals surface area contributed by atoms with Crippen molar-refractivity contribution in [1.29, 1.82) is 0 Å². The van der Waals surface area contributed by atoms with Crippen molar-refractivity contribution in [3.05, 3.63) is 40.9 Å². The summed E-state index contributed by atoms with van der Waals surface area (Å²) in [6.07, 6.45) is 1.90. The SMILES string of the molecule is COC(=O)c1cccc(C=C(CN)B2OC(C)(C)C(C)(C)O2)c1. The Labute approximate surface area is 137 Å². The van der Waals surface area contributed by atoms with Crippen LogP contribution in [0.5, 0.6) is 0 Å². The van der Waals surface area contributed by atoms with Crippen LogP contribution in [0.2, 0.25) is 0 Å². The molecule has 0 radical (unpaired) electrons. The molecule has 1 fully saturated rings. The van der Waals surface area contributed by atoms with Crippen molar-refractivity contribution in [1.82, 2.24) is 0 Å². The van der Waals surface area contributed by atoms with Gasteiger partial charge in [-0.1, -0.05) is 18.2 Å². The van der Waals surface area contributed by atoms with Gasteiger partial charge in [0.1, 0.15) is 0 Å². The molecule has 1 saturated heterocycles. The average molecular weight is 317 g/mol. The Hall–Kier alpha value is -1.63. The predicted molar refractivity (Wildman–Crippen MR) is 90.9 cm³/mol. The van der Waals surface area contributed by atoms with Gasteiger partial charge < -0.3 is 19.8 Å². The Bertz CT molecular complexity index is 609. The molecular weight excluding hydrogens is 293 g/mol. The summed E-state index contributed by atoms with van der Waals surface area (Å²) in [6, 6.07) is 7.16. The second-order valence-electron chi connectivity index (χ2n) is 6.63. The number of nitrogens with two attached hydrogens (primary N) is 1. The first-order chi connectivity index (χ1) is 10.7. The smallest absolute Gasteiger partial charge is 0.465 e. The minimum absolute atomic E-state index is 0.305. The van der Waals surface area contributed by atoms with E-state index < -0.39 is 18.3 Å². The molecule has 5 nitrogen and oxygen atoms in total. The molecule has 0 unspecified atom stereocenters. The highest BCUT2D eigenvalue weighted by Gasteiger charge is 2.52. The lowest BCUT2D eigenvalue weighted by atomic mass is 9.77. The van der Waals surface area contributed by atoms with Gasteiger partial charge >= 0.3 is 13.1 Å². The molecular formula is C17H24BNO4. The van der Waals surface area contributed by atoms with Crippen LogP contribution >= 0.6 is 0 Å². The van der Waals surface area contributed by atoms with E-state index in [0.717, 1.165) is 11.0 Å². The summed E-state index contributed by atoms with van der Waals surface area (Å²) in [5.74, 6) is -0.370. The summed E-state index contributed by atoms with van der Waals surface area (Å²) < 4.78 is 16.8. The lowest BCUT2D eigenvalue weighted by Crippen LogP contribution is -2.41. The minimum atomic E-state index is -0.494. The number of hydrogen-bond donors (Lipinski definition) is 1.